The Morgan fingerprint density at radius 2 is 1.86 bits per heavy atom. The molecule has 0 amide bonds. The molecule has 112 valence electrons. The first-order valence-corrected chi connectivity index (χ1v) is 6.88. The summed E-state index contributed by atoms with van der Waals surface area (Å²) in [5.41, 5.74) is 9.15. The first-order valence-electron chi connectivity index (χ1n) is 6.88. The first kappa shape index (κ1) is 15.3. The molecule has 0 aliphatic rings. The lowest BCUT2D eigenvalue weighted by Gasteiger charge is -2.26. The van der Waals surface area contributed by atoms with Gasteiger partial charge in [0, 0.05) is 18.8 Å². The molecule has 2 aromatic rings. The topological polar surface area (TPSA) is 38.5 Å². The highest BCUT2D eigenvalue weighted by atomic mass is 19.1. The van der Waals surface area contributed by atoms with Crippen LogP contribution >= 0.6 is 0 Å². The first-order chi connectivity index (χ1) is 9.95. The van der Waals surface area contributed by atoms with E-state index < -0.39 is 0 Å². The Morgan fingerprint density at radius 3 is 2.48 bits per heavy atom. The van der Waals surface area contributed by atoms with Gasteiger partial charge in [0.2, 0.25) is 0 Å². The minimum atomic E-state index is -0.257. The van der Waals surface area contributed by atoms with Crippen molar-refractivity contribution in [2.75, 3.05) is 19.1 Å². The number of para-hydroxylation sites is 2. The SMILES string of the molecule is COc1ccccc1N(C)c1cc(C)c(F)cc1[C@@H](C)N. The molecule has 2 aromatic carbocycles. The maximum atomic E-state index is 13.8. The molecule has 4 heteroatoms. The average Bonchev–Trinajstić information content (AvgIpc) is 2.48. The van der Waals surface area contributed by atoms with Gasteiger partial charge in [-0.25, -0.2) is 4.39 Å². The zero-order valence-electron chi connectivity index (χ0n) is 12.9. The Balaban J connectivity index is 2.57. The van der Waals surface area contributed by atoms with Crippen LogP contribution in [-0.2, 0) is 0 Å². The average molecular weight is 288 g/mol. The zero-order chi connectivity index (χ0) is 15.6. The summed E-state index contributed by atoms with van der Waals surface area (Å²) >= 11 is 0. The van der Waals surface area contributed by atoms with Crippen molar-refractivity contribution in [1.82, 2.24) is 0 Å². The van der Waals surface area contributed by atoms with Crippen molar-refractivity contribution in [2.24, 2.45) is 5.73 Å². The van der Waals surface area contributed by atoms with Crippen molar-refractivity contribution in [2.45, 2.75) is 19.9 Å². The van der Waals surface area contributed by atoms with Crippen molar-refractivity contribution >= 4 is 11.4 Å². The van der Waals surface area contributed by atoms with E-state index in [1.54, 1.807) is 14.0 Å². The van der Waals surface area contributed by atoms with Crippen LogP contribution < -0.4 is 15.4 Å². The molecule has 0 bridgehead atoms. The molecule has 0 saturated carbocycles. The van der Waals surface area contributed by atoms with Gasteiger partial charge in [-0.05, 0) is 49.2 Å². The van der Waals surface area contributed by atoms with Crippen molar-refractivity contribution < 1.29 is 9.13 Å². The number of benzene rings is 2. The number of rotatable bonds is 4. The molecule has 0 fully saturated rings. The van der Waals surface area contributed by atoms with Crippen LogP contribution in [-0.4, -0.2) is 14.2 Å². The van der Waals surface area contributed by atoms with Crippen LogP contribution in [0.15, 0.2) is 36.4 Å². The van der Waals surface area contributed by atoms with Crippen molar-refractivity contribution in [1.29, 1.82) is 0 Å². The predicted molar refractivity (Wildman–Crippen MR) is 84.8 cm³/mol. The Morgan fingerprint density at radius 1 is 1.19 bits per heavy atom. The van der Waals surface area contributed by atoms with Crippen LogP contribution in [0.5, 0.6) is 5.75 Å². The largest absolute Gasteiger partial charge is 0.495 e. The van der Waals surface area contributed by atoms with E-state index in [1.165, 1.54) is 6.07 Å². The number of halogens is 1. The molecule has 0 aliphatic carbocycles. The molecule has 0 unspecified atom stereocenters. The molecule has 0 spiro atoms. The van der Waals surface area contributed by atoms with E-state index in [0.717, 1.165) is 22.7 Å². The number of hydrogen-bond donors (Lipinski definition) is 1. The number of aryl methyl sites for hydroxylation is 1. The third-order valence-electron chi connectivity index (χ3n) is 3.61. The number of anilines is 2. The number of nitrogens with two attached hydrogens (primary N) is 1. The molecular weight excluding hydrogens is 267 g/mol. The number of nitrogens with zero attached hydrogens (tertiary/aromatic N) is 1. The predicted octanol–water partition coefficient (Wildman–Crippen LogP) is 3.93. The van der Waals surface area contributed by atoms with Gasteiger partial charge in [0.05, 0.1) is 12.8 Å². The summed E-state index contributed by atoms with van der Waals surface area (Å²) < 4.78 is 19.2. The molecular formula is C17H21FN2O. The van der Waals surface area contributed by atoms with Crippen LogP contribution in [0.2, 0.25) is 0 Å². The van der Waals surface area contributed by atoms with Gasteiger partial charge in [-0.1, -0.05) is 12.1 Å². The van der Waals surface area contributed by atoms with Crippen molar-refractivity contribution in [3.05, 3.63) is 53.3 Å². The Hall–Kier alpha value is -2.07. The van der Waals surface area contributed by atoms with E-state index in [9.17, 15) is 4.39 Å². The highest BCUT2D eigenvalue weighted by molar-refractivity contribution is 5.71. The fourth-order valence-electron chi connectivity index (χ4n) is 2.37. The van der Waals surface area contributed by atoms with Gasteiger partial charge in [0.1, 0.15) is 11.6 Å². The van der Waals surface area contributed by atoms with Gasteiger partial charge in [-0.3, -0.25) is 0 Å². The van der Waals surface area contributed by atoms with Crippen LogP contribution in [0, 0.1) is 12.7 Å². The second kappa shape index (κ2) is 6.14. The fourth-order valence-corrected chi connectivity index (χ4v) is 2.37. The lowest BCUT2D eigenvalue weighted by Crippen LogP contribution is -2.17. The van der Waals surface area contributed by atoms with Crippen LogP contribution in [0.25, 0.3) is 0 Å². The molecule has 0 radical (unpaired) electrons. The lowest BCUT2D eigenvalue weighted by atomic mass is 10.0. The monoisotopic (exact) mass is 288 g/mol. The molecule has 3 nitrogen and oxygen atoms in total. The van der Waals surface area contributed by atoms with Crippen molar-refractivity contribution in [3.63, 3.8) is 0 Å². The van der Waals surface area contributed by atoms with E-state index in [2.05, 4.69) is 0 Å². The summed E-state index contributed by atoms with van der Waals surface area (Å²) in [6, 6.07) is 10.8. The molecule has 1 atom stereocenters. The summed E-state index contributed by atoms with van der Waals surface area (Å²) in [4.78, 5) is 1.98. The minimum absolute atomic E-state index is 0.237. The molecule has 0 saturated heterocycles. The smallest absolute Gasteiger partial charge is 0.142 e. The summed E-state index contributed by atoms with van der Waals surface area (Å²) in [6.07, 6.45) is 0. The highest BCUT2D eigenvalue weighted by Gasteiger charge is 2.17. The van der Waals surface area contributed by atoms with Gasteiger partial charge >= 0.3 is 0 Å². The Labute approximate surface area is 125 Å². The van der Waals surface area contributed by atoms with Gasteiger partial charge in [-0.15, -0.1) is 0 Å². The molecule has 0 aromatic heterocycles. The fraction of sp³-hybridized carbons (Fsp3) is 0.294. The lowest BCUT2D eigenvalue weighted by molar-refractivity contribution is 0.415. The zero-order valence-corrected chi connectivity index (χ0v) is 12.9. The number of ether oxygens (including phenoxy) is 1. The molecule has 2 rings (SSSR count). The summed E-state index contributed by atoms with van der Waals surface area (Å²) in [5, 5.41) is 0. The molecule has 0 heterocycles. The van der Waals surface area contributed by atoms with Crippen LogP contribution in [0.3, 0.4) is 0 Å². The van der Waals surface area contributed by atoms with E-state index in [4.69, 9.17) is 10.5 Å². The van der Waals surface area contributed by atoms with Gasteiger partial charge in [0.25, 0.3) is 0 Å². The quantitative estimate of drug-likeness (QED) is 0.926. The minimum Gasteiger partial charge on any atom is -0.495 e. The maximum Gasteiger partial charge on any atom is 0.142 e. The van der Waals surface area contributed by atoms with E-state index in [0.29, 0.717) is 5.56 Å². The van der Waals surface area contributed by atoms with E-state index >= 15 is 0 Å². The van der Waals surface area contributed by atoms with E-state index in [-0.39, 0.29) is 11.9 Å². The van der Waals surface area contributed by atoms with Crippen LogP contribution in [0.4, 0.5) is 15.8 Å². The molecule has 2 N–H and O–H groups in total. The summed E-state index contributed by atoms with van der Waals surface area (Å²) in [5.74, 6) is 0.525. The standard InChI is InChI=1S/C17H21FN2O/c1-11-9-16(13(12(2)19)10-14(11)18)20(3)15-7-5-6-8-17(15)21-4/h5-10,12H,19H2,1-4H3/t12-/m1/s1. The van der Waals surface area contributed by atoms with Gasteiger partial charge in [0.15, 0.2) is 0 Å². The molecule has 0 aliphatic heterocycles. The number of hydrogen-bond acceptors (Lipinski definition) is 3. The second-order valence-corrected chi connectivity index (χ2v) is 5.18. The van der Waals surface area contributed by atoms with Crippen molar-refractivity contribution in [3.8, 4) is 5.75 Å². The summed E-state index contributed by atoms with van der Waals surface area (Å²) in [6.45, 7) is 3.60. The molecule has 21 heavy (non-hydrogen) atoms. The third kappa shape index (κ3) is 3.00. The Kier molecular flexibility index (Phi) is 4.48. The third-order valence-corrected chi connectivity index (χ3v) is 3.61. The maximum absolute atomic E-state index is 13.8. The Bertz CT molecular complexity index is 641. The normalized spacial score (nSPS) is 12.1. The van der Waals surface area contributed by atoms with Gasteiger partial charge < -0.3 is 15.4 Å². The van der Waals surface area contributed by atoms with E-state index in [1.807, 2.05) is 49.2 Å². The van der Waals surface area contributed by atoms with Crippen LogP contribution in [0.1, 0.15) is 24.1 Å². The number of methoxy groups -OCH3 is 1. The summed E-state index contributed by atoms with van der Waals surface area (Å²) in [7, 11) is 3.56. The highest BCUT2D eigenvalue weighted by Crippen LogP contribution is 2.36. The second-order valence-electron chi connectivity index (χ2n) is 5.18. The van der Waals surface area contributed by atoms with Gasteiger partial charge in [-0.2, -0.15) is 0 Å².